The van der Waals surface area contributed by atoms with Gasteiger partial charge in [0.15, 0.2) is 0 Å². The maximum Gasteiger partial charge on any atom is 0.112 e. The summed E-state index contributed by atoms with van der Waals surface area (Å²) in [7, 11) is -1.75. The summed E-state index contributed by atoms with van der Waals surface area (Å²) in [6.07, 6.45) is 1.96. The van der Waals surface area contributed by atoms with Crippen LogP contribution < -0.4 is 10.4 Å². The molecule has 0 bridgehead atoms. The molecule has 2 aromatic heterocycles. The first kappa shape index (κ1) is 25.7. The third-order valence-corrected chi connectivity index (χ3v) is 12.8. The molecule has 0 atom stereocenters. The lowest BCUT2D eigenvalue weighted by Gasteiger charge is -2.24. The van der Waals surface area contributed by atoms with Crippen molar-refractivity contribution in [3.8, 4) is 21.7 Å². The number of fused-ring (bicyclic) bond motifs is 2. The first-order chi connectivity index (χ1) is 18.6. The molecule has 194 valence electrons. The lowest BCUT2D eigenvalue weighted by molar-refractivity contribution is 0.596. The number of aryl methyl sites for hydroxylation is 1. The minimum absolute atomic E-state index is 0.0415. The van der Waals surface area contributed by atoms with E-state index in [4.69, 9.17) is 4.98 Å². The Morgan fingerprint density at radius 1 is 0.718 bits per heavy atom. The zero-order chi connectivity index (χ0) is 27.4. The normalized spacial score (nSPS) is 12.4. The zero-order valence-electron chi connectivity index (χ0n) is 23.7. The van der Waals surface area contributed by atoms with E-state index in [2.05, 4.69) is 138 Å². The highest BCUT2D eigenvalue weighted by molar-refractivity contribution is 7.22. The Hall–Kier alpha value is -3.53. The smallest absolute Gasteiger partial charge is 0.112 e. The van der Waals surface area contributed by atoms with Crippen LogP contribution in [0.2, 0.25) is 13.1 Å². The molecule has 0 spiro atoms. The molecule has 3 heteroatoms. The lowest BCUT2D eigenvalue weighted by atomic mass is 9.82. The van der Waals surface area contributed by atoms with Gasteiger partial charge in [0.2, 0.25) is 0 Å². The Morgan fingerprint density at radius 3 is 2.21 bits per heavy atom. The summed E-state index contributed by atoms with van der Waals surface area (Å²) in [4.78, 5) is 6.24. The van der Waals surface area contributed by atoms with Crippen LogP contribution in [0.1, 0.15) is 31.9 Å². The fourth-order valence-corrected chi connectivity index (χ4v) is 9.41. The van der Waals surface area contributed by atoms with Gasteiger partial charge in [-0.25, -0.2) is 0 Å². The summed E-state index contributed by atoms with van der Waals surface area (Å²) in [5, 5.41) is 6.80. The second kappa shape index (κ2) is 9.58. The number of pyridine rings is 1. The predicted molar refractivity (Wildman–Crippen MR) is 175 cm³/mol. The molecule has 0 unspecified atom stereocenters. The van der Waals surface area contributed by atoms with Crippen LogP contribution in [-0.4, -0.2) is 13.1 Å². The summed E-state index contributed by atoms with van der Waals surface area (Å²) in [5.41, 5.74) is 6.33. The molecule has 6 aromatic rings. The SMILES string of the molecule is Cc1cc([Si](C)(C)c2ccccc2)ccc1-c1cc2ccnc(-c3cc(C(C)(C)C)c4ccccc4c3)c2s1. The molecule has 0 saturated heterocycles. The van der Waals surface area contributed by atoms with Gasteiger partial charge in [0, 0.05) is 16.6 Å². The molecular formula is C36H35NSSi. The summed E-state index contributed by atoms with van der Waals surface area (Å²) >= 11 is 1.86. The topological polar surface area (TPSA) is 12.9 Å². The van der Waals surface area contributed by atoms with Gasteiger partial charge >= 0.3 is 0 Å². The monoisotopic (exact) mass is 541 g/mol. The van der Waals surface area contributed by atoms with E-state index >= 15 is 0 Å². The van der Waals surface area contributed by atoms with Crippen molar-refractivity contribution in [3.63, 3.8) is 0 Å². The standard InChI is InChI=1S/C36H35NSSi/c1-24-20-29(39(5,6)28-13-8-7-9-14-28)16-17-30(24)33-23-26-18-19-37-34(35(26)38-33)27-21-25-12-10-11-15-31(25)32(22-27)36(2,3)4/h7-23H,1-6H3. The van der Waals surface area contributed by atoms with E-state index in [0.29, 0.717) is 0 Å². The molecule has 0 radical (unpaired) electrons. The van der Waals surface area contributed by atoms with Gasteiger partial charge in [0.1, 0.15) is 8.07 Å². The van der Waals surface area contributed by atoms with E-state index in [1.165, 1.54) is 58.4 Å². The van der Waals surface area contributed by atoms with Crippen LogP contribution in [0.5, 0.6) is 0 Å². The van der Waals surface area contributed by atoms with E-state index in [1.54, 1.807) is 0 Å². The minimum Gasteiger partial charge on any atom is -0.255 e. The maximum absolute atomic E-state index is 4.93. The molecule has 0 amide bonds. The van der Waals surface area contributed by atoms with Crippen LogP contribution in [0, 0.1) is 6.92 Å². The largest absolute Gasteiger partial charge is 0.255 e. The van der Waals surface area contributed by atoms with E-state index in [0.717, 1.165) is 5.69 Å². The quantitative estimate of drug-likeness (QED) is 0.203. The molecule has 0 fully saturated rings. The van der Waals surface area contributed by atoms with Crippen molar-refractivity contribution in [3.05, 3.63) is 114 Å². The number of thiophene rings is 1. The van der Waals surface area contributed by atoms with Crippen LogP contribution in [0.4, 0.5) is 0 Å². The van der Waals surface area contributed by atoms with Crippen LogP contribution >= 0.6 is 11.3 Å². The average Bonchev–Trinajstić information content (AvgIpc) is 3.36. The molecule has 1 nitrogen and oxygen atoms in total. The summed E-state index contributed by atoms with van der Waals surface area (Å²) in [6, 6.07) is 36.0. The van der Waals surface area contributed by atoms with Crippen molar-refractivity contribution in [2.75, 3.05) is 0 Å². The highest BCUT2D eigenvalue weighted by Gasteiger charge is 2.26. The van der Waals surface area contributed by atoms with Crippen molar-refractivity contribution in [2.24, 2.45) is 0 Å². The van der Waals surface area contributed by atoms with E-state index in [1.807, 2.05) is 17.5 Å². The number of nitrogens with zero attached hydrogens (tertiary/aromatic N) is 1. The Bertz CT molecular complexity index is 1820. The van der Waals surface area contributed by atoms with Crippen molar-refractivity contribution >= 4 is 50.6 Å². The number of aromatic nitrogens is 1. The molecule has 4 aromatic carbocycles. The Kier molecular flexibility index (Phi) is 6.32. The molecule has 0 aliphatic heterocycles. The second-order valence-electron chi connectivity index (χ2n) is 12.2. The van der Waals surface area contributed by atoms with Crippen molar-refractivity contribution in [1.82, 2.24) is 4.98 Å². The summed E-state index contributed by atoms with van der Waals surface area (Å²) < 4.78 is 1.25. The molecule has 0 aliphatic carbocycles. The highest BCUT2D eigenvalue weighted by atomic mass is 32.1. The van der Waals surface area contributed by atoms with E-state index in [9.17, 15) is 0 Å². The van der Waals surface area contributed by atoms with E-state index in [-0.39, 0.29) is 5.41 Å². The maximum atomic E-state index is 4.93. The first-order valence-electron chi connectivity index (χ1n) is 13.7. The third kappa shape index (κ3) is 4.64. The van der Waals surface area contributed by atoms with Gasteiger partial charge in [0.05, 0.1) is 10.4 Å². The van der Waals surface area contributed by atoms with Crippen molar-refractivity contribution < 1.29 is 0 Å². The van der Waals surface area contributed by atoms with Gasteiger partial charge in [-0.3, -0.25) is 4.98 Å². The van der Waals surface area contributed by atoms with Gasteiger partial charge in [0.25, 0.3) is 0 Å². The van der Waals surface area contributed by atoms with Crippen molar-refractivity contribution in [1.29, 1.82) is 0 Å². The molecule has 0 saturated carbocycles. The first-order valence-corrected chi connectivity index (χ1v) is 17.5. The highest BCUT2D eigenvalue weighted by Crippen LogP contribution is 2.41. The van der Waals surface area contributed by atoms with Gasteiger partial charge in [-0.05, 0) is 69.5 Å². The molecule has 39 heavy (non-hydrogen) atoms. The second-order valence-corrected chi connectivity index (χ2v) is 17.7. The van der Waals surface area contributed by atoms with Crippen LogP contribution in [0.25, 0.3) is 42.6 Å². The summed E-state index contributed by atoms with van der Waals surface area (Å²) in [6.45, 7) is 14.0. The molecule has 6 rings (SSSR count). The fourth-order valence-electron chi connectivity index (χ4n) is 5.72. The molecule has 0 aliphatic rings. The van der Waals surface area contributed by atoms with Crippen LogP contribution in [0.15, 0.2) is 103 Å². The van der Waals surface area contributed by atoms with Crippen molar-refractivity contribution in [2.45, 2.75) is 46.2 Å². The van der Waals surface area contributed by atoms with Gasteiger partial charge in [-0.1, -0.05) is 117 Å². The Morgan fingerprint density at radius 2 is 1.46 bits per heavy atom. The minimum atomic E-state index is -1.75. The number of rotatable bonds is 4. The predicted octanol–water partition coefficient (Wildman–Crippen LogP) is 9.21. The zero-order valence-corrected chi connectivity index (χ0v) is 25.5. The molecule has 0 N–H and O–H groups in total. The van der Waals surface area contributed by atoms with Gasteiger partial charge in [-0.15, -0.1) is 11.3 Å². The fraction of sp³-hybridized carbons (Fsp3) is 0.194. The van der Waals surface area contributed by atoms with Crippen LogP contribution in [-0.2, 0) is 5.41 Å². The number of hydrogen-bond donors (Lipinski definition) is 0. The van der Waals surface area contributed by atoms with E-state index < -0.39 is 8.07 Å². The Balaban J connectivity index is 1.45. The lowest BCUT2D eigenvalue weighted by Crippen LogP contribution is -2.52. The van der Waals surface area contributed by atoms with Gasteiger partial charge < -0.3 is 0 Å². The number of benzene rings is 4. The summed E-state index contributed by atoms with van der Waals surface area (Å²) in [5.74, 6) is 0. The number of hydrogen-bond acceptors (Lipinski definition) is 2. The average molecular weight is 542 g/mol. The Labute approximate surface area is 237 Å². The third-order valence-electron chi connectivity index (χ3n) is 8.09. The molecule has 2 heterocycles. The molecular weight excluding hydrogens is 507 g/mol. The van der Waals surface area contributed by atoms with Gasteiger partial charge in [-0.2, -0.15) is 0 Å². The van der Waals surface area contributed by atoms with Crippen LogP contribution in [0.3, 0.4) is 0 Å².